The fourth-order valence-corrected chi connectivity index (χ4v) is 4.15. The second kappa shape index (κ2) is 9.41. The number of hydrogen-bond acceptors (Lipinski definition) is 4. The normalized spacial score (nSPS) is 15.0. The quantitative estimate of drug-likeness (QED) is 0.405. The highest BCUT2D eigenvalue weighted by atomic mass is 35.5. The number of hydrogen-bond donors (Lipinski definition) is 0. The lowest BCUT2D eigenvalue weighted by molar-refractivity contribution is -0.123. The Morgan fingerprint density at radius 1 is 0.968 bits per heavy atom. The van der Waals surface area contributed by atoms with Crippen LogP contribution in [0.15, 0.2) is 77.7 Å². The van der Waals surface area contributed by atoms with E-state index in [9.17, 15) is 9.59 Å². The van der Waals surface area contributed by atoms with Gasteiger partial charge in [0.2, 0.25) is 0 Å². The van der Waals surface area contributed by atoms with Gasteiger partial charge in [0, 0.05) is 5.02 Å². The molecule has 3 aromatic rings. The molecule has 3 aromatic carbocycles. The van der Waals surface area contributed by atoms with Gasteiger partial charge in [-0.3, -0.25) is 14.5 Å². The Kier molecular flexibility index (Phi) is 6.44. The molecule has 0 radical (unpaired) electrons. The van der Waals surface area contributed by atoms with Gasteiger partial charge in [-0.2, -0.15) is 0 Å². The minimum absolute atomic E-state index is 0.227. The molecule has 31 heavy (non-hydrogen) atoms. The minimum Gasteiger partial charge on any atom is -0.489 e. The summed E-state index contributed by atoms with van der Waals surface area (Å²) in [5.74, 6) is 0.458. The molecule has 0 unspecified atom stereocenters. The topological polar surface area (TPSA) is 46.6 Å². The van der Waals surface area contributed by atoms with Crippen LogP contribution in [-0.4, -0.2) is 16.0 Å². The van der Waals surface area contributed by atoms with E-state index in [1.165, 1.54) is 10.5 Å². The van der Waals surface area contributed by atoms with Crippen LogP contribution in [-0.2, 0) is 17.9 Å². The zero-order valence-electron chi connectivity index (χ0n) is 16.9. The van der Waals surface area contributed by atoms with E-state index in [1.807, 2.05) is 48.5 Å². The molecule has 0 aromatic heterocycles. The number of imide groups is 1. The molecule has 0 atom stereocenters. The van der Waals surface area contributed by atoms with Gasteiger partial charge in [0.15, 0.2) is 0 Å². The third-order valence-corrected chi connectivity index (χ3v) is 5.95. The molecule has 0 aliphatic carbocycles. The summed E-state index contributed by atoms with van der Waals surface area (Å²) >= 11 is 6.85. The van der Waals surface area contributed by atoms with E-state index in [0.29, 0.717) is 16.5 Å². The van der Waals surface area contributed by atoms with Crippen molar-refractivity contribution >= 4 is 40.6 Å². The van der Waals surface area contributed by atoms with Crippen LogP contribution in [0, 0.1) is 6.92 Å². The second-order valence-electron chi connectivity index (χ2n) is 7.24. The molecule has 1 aliphatic rings. The molecule has 1 saturated heterocycles. The van der Waals surface area contributed by atoms with Gasteiger partial charge in [-0.25, -0.2) is 0 Å². The Hall–Kier alpha value is -3.02. The SMILES string of the molecule is Cc1cccc(COc2ccc(C=C3SC(=O)N(Cc4ccc(Cl)cc4)C3=O)cc2)c1. The molecule has 4 rings (SSSR count). The molecule has 156 valence electrons. The third kappa shape index (κ3) is 5.37. The lowest BCUT2D eigenvalue weighted by atomic mass is 10.1. The molecular weight excluding hydrogens is 430 g/mol. The molecule has 0 saturated carbocycles. The van der Waals surface area contributed by atoms with Gasteiger partial charge >= 0.3 is 0 Å². The number of ether oxygens (including phenoxy) is 1. The number of nitrogens with zero attached hydrogens (tertiary/aromatic N) is 1. The maximum atomic E-state index is 12.7. The van der Waals surface area contributed by atoms with E-state index in [0.717, 1.165) is 34.2 Å². The van der Waals surface area contributed by atoms with Crippen molar-refractivity contribution in [1.82, 2.24) is 4.90 Å². The maximum Gasteiger partial charge on any atom is 0.293 e. The summed E-state index contributed by atoms with van der Waals surface area (Å²) in [5, 5.41) is 0.341. The van der Waals surface area contributed by atoms with Crippen molar-refractivity contribution in [3.05, 3.63) is 105 Å². The van der Waals surface area contributed by atoms with Crippen LogP contribution in [0.3, 0.4) is 0 Å². The summed E-state index contributed by atoms with van der Waals surface area (Å²) < 4.78 is 5.84. The van der Waals surface area contributed by atoms with Crippen LogP contribution in [0.2, 0.25) is 5.02 Å². The van der Waals surface area contributed by atoms with Crippen molar-refractivity contribution in [1.29, 1.82) is 0 Å². The van der Waals surface area contributed by atoms with Gasteiger partial charge in [-0.05, 0) is 65.7 Å². The van der Waals surface area contributed by atoms with Gasteiger partial charge < -0.3 is 4.74 Å². The molecule has 2 amide bonds. The highest BCUT2D eigenvalue weighted by Crippen LogP contribution is 2.33. The zero-order chi connectivity index (χ0) is 21.8. The molecule has 1 fully saturated rings. The van der Waals surface area contributed by atoms with Gasteiger partial charge in [0.05, 0.1) is 11.4 Å². The molecular formula is C25H20ClNO3S. The molecule has 1 aliphatic heterocycles. The minimum atomic E-state index is -0.287. The fourth-order valence-electron chi connectivity index (χ4n) is 3.19. The molecule has 4 nitrogen and oxygen atoms in total. The van der Waals surface area contributed by atoms with Gasteiger partial charge in [0.1, 0.15) is 12.4 Å². The Labute approximate surface area is 190 Å². The Bertz CT molecular complexity index is 1140. The van der Waals surface area contributed by atoms with Crippen molar-refractivity contribution in [3.63, 3.8) is 0 Å². The van der Waals surface area contributed by atoms with E-state index in [-0.39, 0.29) is 17.7 Å². The number of carbonyl (C=O) groups excluding carboxylic acids is 2. The third-order valence-electron chi connectivity index (χ3n) is 4.79. The monoisotopic (exact) mass is 449 g/mol. The highest BCUT2D eigenvalue weighted by molar-refractivity contribution is 8.18. The van der Waals surface area contributed by atoms with Crippen LogP contribution < -0.4 is 4.74 Å². The Morgan fingerprint density at radius 2 is 1.71 bits per heavy atom. The summed E-state index contributed by atoms with van der Waals surface area (Å²) in [4.78, 5) is 26.7. The first kappa shape index (κ1) is 21.2. The van der Waals surface area contributed by atoms with Crippen LogP contribution in [0.5, 0.6) is 5.75 Å². The first-order chi connectivity index (χ1) is 15.0. The van der Waals surface area contributed by atoms with Crippen LogP contribution >= 0.6 is 23.4 Å². The first-order valence-electron chi connectivity index (χ1n) is 9.76. The lowest BCUT2D eigenvalue weighted by Gasteiger charge is -2.12. The largest absolute Gasteiger partial charge is 0.489 e. The number of thioether (sulfide) groups is 1. The number of halogens is 1. The standard InChI is InChI=1S/C25H20ClNO3S/c1-17-3-2-4-20(13-17)16-30-22-11-7-18(8-12-22)14-23-24(28)27(25(29)31-23)15-19-5-9-21(26)10-6-19/h2-14H,15-16H2,1H3. The van der Waals surface area contributed by atoms with Crippen molar-refractivity contribution in [3.8, 4) is 5.75 Å². The summed E-state index contributed by atoms with van der Waals surface area (Å²) in [6, 6.07) is 22.8. The van der Waals surface area contributed by atoms with Gasteiger partial charge in [0.25, 0.3) is 11.1 Å². The number of benzene rings is 3. The molecule has 0 N–H and O–H groups in total. The van der Waals surface area contributed by atoms with Crippen molar-refractivity contribution < 1.29 is 14.3 Å². The Morgan fingerprint density at radius 3 is 2.42 bits per heavy atom. The molecule has 1 heterocycles. The van der Waals surface area contributed by atoms with E-state index in [2.05, 4.69) is 19.1 Å². The van der Waals surface area contributed by atoms with Gasteiger partial charge in [-0.1, -0.05) is 65.7 Å². The highest BCUT2D eigenvalue weighted by Gasteiger charge is 2.34. The van der Waals surface area contributed by atoms with E-state index in [1.54, 1.807) is 18.2 Å². The second-order valence-corrected chi connectivity index (χ2v) is 8.67. The van der Waals surface area contributed by atoms with Crippen molar-refractivity contribution in [2.45, 2.75) is 20.1 Å². The summed E-state index contributed by atoms with van der Waals surface area (Å²) in [7, 11) is 0. The van der Waals surface area contributed by atoms with Crippen LogP contribution in [0.1, 0.15) is 22.3 Å². The fraction of sp³-hybridized carbons (Fsp3) is 0.120. The predicted octanol–water partition coefficient (Wildman–Crippen LogP) is 6.46. The predicted molar refractivity (Wildman–Crippen MR) is 125 cm³/mol. The number of carbonyl (C=O) groups is 2. The van der Waals surface area contributed by atoms with Gasteiger partial charge in [-0.15, -0.1) is 0 Å². The number of amides is 2. The molecule has 0 spiro atoms. The number of rotatable bonds is 6. The molecule has 0 bridgehead atoms. The number of aryl methyl sites for hydroxylation is 1. The average Bonchev–Trinajstić information content (AvgIpc) is 3.02. The zero-order valence-corrected chi connectivity index (χ0v) is 18.5. The van der Waals surface area contributed by atoms with Crippen molar-refractivity contribution in [2.24, 2.45) is 0 Å². The Balaban J connectivity index is 1.40. The van der Waals surface area contributed by atoms with Crippen LogP contribution in [0.4, 0.5) is 4.79 Å². The summed E-state index contributed by atoms with van der Waals surface area (Å²) in [5.41, 5.74) is 3.99. The average molecular weight is 450 g/mol. The first-order valence-corrected chi connectivity index (χ1v) is 11.0. The lowest BCUT2D eigenvalue weighted by Crippen LogP contribution is -2.27. The van der Waals surface area contributed by atoms with Crippen LogP contribution in [0.25, 0.3) is 6.08 Å². The van der Waals surface area contributed by atoms with E-state index >= 15 is 0 Å². The van der Waals surface area contributed by atoms with E-state index < -0.39 is 0 Å². The summed E-state index contributed by atoms with van der Waals surface area (Å²) in [6.45, 7) is 2.77. The van der Waals surface area contributed by atoms with E-state index in [4.69, 9.17) is 16.3 Å². The summed E-state index contributed by atoms with van der Waals surface area (Å²) in [6.07, 6.45) is 1.73. The smallest absolute Gasteiger partial charge is 0.293 e. The van der Waals surface area contributed by atoms with Crippen molar-refractivity contribution in [2.75, 3.05) is 0 Å². The molecule has 6 heteroatoms. The maximum absolute atomic E-state index is 12.7.